The number of nitrogens with two attached hydrogens (primary N) is 1. The Morgan fingerprint density at radius 3 is 2.64 bits per heavy atom. The molecule has 1 amide bonds. The largest absolute Gasteiger partial charge is 0.467 e. The smallest absolute Gasteiger partial charge is 0.330 e. The fourth-order valence-electron chi connectivity index (χ4n) is 3.74. The highest BCUT2D eigenvalue weighted by molar-refractivity contribution is 5.95. The molecular weight excluding hydrogens is 464 g/mol. The minimum Gasteiger partial charge on any atom is -0.467 e. The van der Waals surface area contributed by atoms with Crippen LogP contribution in [0.15, 0.2) is 61.1 Å². The number of amides is 1. The van der Waals surface area contributed by atoms with Gasteiger partial charge in [0.05, 0.1) is 12.8 Å². The van der Waals surface area contributed by atoms with Gasteiger partial charge in [-0.3, -0.25) is 24.0 Å². The van der Waals surface area contributed by atoms with E-state index in [1.165, 1.54) is 15.7 Å². The molecule has 0 aliphatic rings. The van der Waals surface area contributed by atoms with Crippen LogP contribution in [0.25, 0.3) is 11.5 Å². The monoisotopic (exact) mass is 492 g/mol. The van der Waals surface area contributed by atoms with Crippen molar-refractivity contribution in [2.75, 3.05) is 10.6 Å². The first-order chi connectivity index (χ1) is 17.4. The summed E-state index contributed by atoms with van der Waals surface area (Å²) in [6.07, 6.45) is 3.09. The molecule has 0 fully saturated rings. The lowest BCUT2D eigenvalue weighted by Gasteiger charge is -2.23. The van der Waals surface area contributed by atoms with Crippen molar-refractivity contribution in [2.24, 2.45) is 0 Å². The summed E-state index contributed by atoms with van der Waals surface area (Å²) in [6, 6.07) is 11.0. The molecule has 11 heteroatoms. The minimum absolute atomic E-state index is 0.0382. The van der Waals surface area contributed by atoms with E-state index in [4.69, 9.17) is 14.6 Å². The van der Waals surface area contributed by atoms with Gasteiger partial charge in [0.1, 0.15) is 11.6 Å². The lowest BCUT2D eigenvalue weighted by atomic mass is 10.1. The number of anilines is 2. The summed E-state index contributed by atoms with van der Waals surface area (Å²) in [5.74, 6) is 0.601. The Morgan fingerprint density at radius 1 is 1.17 bits per heavy atom. The van der Waals surface area contributed by atoms with Crippen LogP contribution in [0, 0.1) is 6.92 Å². The van der Waals surface area contributed by atoms with Gasteiger partial charge in [-0.25, -0.2) is 4.79 Å². The van der Waals surface area contributed by atoms with Gasteiger partial charge in [0.15, 0.2) is 5.69 Å². The van der Waals surface area contributed by atoms with E-state index in [1.807, 2.05) is 38.1 Å². The molecule has 0 saturated carbocycles. The number of aryl methyl sites for hydroxylation is 2. The highest BCUT2D eigenvalue weighted by Crippen LogP contribution is 2.23. The van der Waals surface area contributed by atoms with Gasteiger partial charge >= 0.3 is 5.69 Å². The van der Waals surface area contributed by atoms with E-state index in [0.29, 0.717) is 24.6 Å². The maximum Gasteiger partial charge on any atom is 0.330 e. The number of carbonyl (C=O) groups is 1. The lowest BCUT2D eigenvalue weighted by molar-refractivity contribution is -0.118. The van der Waals surface area contributed by atoms with Gasteiger partial charge < -0.3 is 14.6 Å². The molecule has 3 N–H and O–H groups in total. The highest BCUT2D eigenvalue weighted by atomic mass is 16.4. The number of H-pyrrole nitrogens is 1. The van der Waals surface area contributed by atoms with Crippen LogP contribution in [0.2, 0.25) is 0 Å². The fraction of sp³-hybridized carbons (Fsp3) is 0.320. The number of benzene rings is 1. The number of rotatable bonds is 10. The van der Waals surface area contributed by atoms with Gasteiger partial charge in [-0.05, 0) is 37.6 Å². The summed E-state index contributed by atoms with van der Waals surface area (Å²) >= 11 is 0. The first kappa shape index (κ1) is 24.7. The van der Waals surface area contributed by atoms with Crippen molar-refractivity contribution in [1.82, 2.24) is 19.7 Å². The number of furan rings is 1. The quantitative estimate of drug-likeness (QED) is 0.342. The number of aromatic amines is 1. The van der Waals surface area contributed by atoms with E-state index in [2.05, 4.69) is 15.2 Å². The molecule has 11 nitrogen and oxygen atoms in total. The molecule has 188 valence electrons. The number of nitrogen functional groups attached to an aromatic ring is 1. The van der Waals surface area contributed by atoms with Crippen molar-refractivity contribution in [3.8, 4) is 11.5 Å². The molecule has 0 aliphatic carbocycles. The second-order valence-electron chi connectivity index (χ2n) is 8.42. The molecule has 0 bridgehead atoms. The zero-order valence-electron chi connectivity index (χ0n) is 20.2. The van der Waals surface area contributed by atoms with Crippen LogP contribution in [-0.2, 0) is 24.3 Å². The van der Waals surface area contributed by atoms with Crippen LogP contribution in [0.1, 0.15) is 43.4 Å². The van der Waals surface area contributed by atoms with Crippen LogP contribution < -0.4 is 21.9 Å². The molecule has 0 unspecified atom stereocenters. The average molecular weight is 493 g/mol. The van der Waals surface area contributed by atoms with Gasteiger partial charge in [-0.1, -0.05) is 31.0 Å². The first-order valence-corrected chi connectivity index (χ1v) is 11.7. The number of hydrogen-bond acceptors (Lipinski definition) is 8. The summed E-state index contributed by atoms with van der Waals surface area (Å²) in [5, 5.41) is 8.11. The predicted molar refractivity (Wildman–Crippen MR) is 133 cm³/mol. The molecule has 3 heterocycles. The second-order valence-corrected chi connectivity index (χ2v) is 8.42. The third-order valence-electron chi connectivity index (χ3n) is 5.73. The van der Waals surface area contributed by atoms with Gasteiger partial charge in [0.2, 0.25) is 17.7 Å². The minimum atomic E-state index is -0.746. The molecular formula is C25H28N6O5. The van der Waals surface area contributed by atoms with E-state index in [1.54, 1.807) is 12.1 Å². The number of hydrogen-bond donors (Lipinski definition) is 2. The molecule has 0 saturated heterocycles. The second kappa shape index (κ2) is 10.9. The predicted octanol–water partition coefficient (Wildman–Crippen LogP) is 3.04. The van der Waals surface area contributed by atoms with E-state index < -0.39 is 17.2 Å². The summed E-state index contributed by atoms with van der Waals surface area (Å²) in [5.41, 5.74) is 6.68. The number of nitrogens with zero attached hydrogens (tertiary/aromatic N) is 4. The molecule has 0 radical (unpaired) electrons. The van der Waals surface area contributed by atoms with Crippen LogP contribution >= 0.6 is 0 Å². The standard InChI is InChI=1S/C25H28N6O5/c1-3-4-13-30-22(26)21(23(33)27-25(30)34)31(15-18-6-5-14-35-18)20(32)12-11-19-28-29-24(36-19)17-9-7-16(2)8-10-17/h5-10,14H,3-4,11-13,15,26H2,1-2H3,(H,27,33,34). The SMILES string of the molecule is CCCCn1c(N)c(N(Cc2ccco2)C(=O)CCc2nnc(-c3ccc(C)cc3)o2)c(=O)[nH]c1=O. The molecule has 0 spiro atoms. The molecule has 1 aromatic carbocycles. The van der Waals surface area contributed by atoms with Gasteiger partial charge in [-0.2, -0.15) is 0 Å². The van der Waals surface area contributed by atoms with E-state index in [-0.39, 0.29) is 36.8 Å². The Morgan fingerprint density at radius 2 is 1.94 bits per heavy atom. The van der Waals surface area contributed by atoms with Crippen molar-refractivity contribution < 1.29 is 13.6 Å². The number of nitrogens with one attached hydrogen (secondary N) is 1. The number of unbranched alkanes of at least 4 members (excludes halogenated alkanes) is 1. The maximum absolute atomic E-state index is 13.4. The Balaban J connectivity index is 1.59. The third-order valence-corrected chi connectivity index (χ3v) is 5.73. The molecule has 4 aromatic rings. The summed E-state index contributed by atoms with van der Waals surface area (Å²) in [6.45, 7) is 4.24. The van der Waals surface area contributed by atoms with E-state index in [0.717, 1.165) is 17.5 Å². The average Bonchev–Trinajstić information content (AvgIpc) is 3.54. The topological polar surface area (TPSA) is 153 Å². The molecule has 4 rings (SSSR count). The Bertz CT molecular complexity index is 1430. The van der Waals surface area contributed by atoms with Crippen molar-refractivity contribution in [3.63, 3.8) is 0 Å². The van der Waals surface area contributed by atoms with Crippen LogP contribution in [0.4, 0.5) is 11.5 Å². The Hall–Kier alpha value is -4.41. The number of carbonyl (C=O) groups excluding carboxylic acids is 1. The van der Waals surface area contributed by atoms with Crippen molar-refractivity contribution in [3.05, 3.63) is 80.7 Å². The van der Waals surface area contributed by atoms with Crippen LogP contribution in [0.3, 0.4) is 0 Å². The third kappa shape index (κ3) is 5.45. The Labute approximate surface area is 206 Å². The van der Waals surface area contributed by atoms with Crippen molar-refractivity contribution in [1.29, 1.82) is 0 Å². The lowest BCUT2D eigenvalue weighted by Crippen LogP contribution is -2.41. The first-order valence-electron chi connectivity index (χ1n) is 11.7. The summed E-state index contributed by atoms with van der Waals surface area (Å²) in [4.78, 5) is 42.0. The van der Waals surface area contributed by atoms with Crippen molar-refractivity contribution in [2.45, 2.75) is 52.6 Å². The molecule has 0 aliphatic heterocycles. The maximum atomic E-state index is 13.4. The number of aromatic nitrogens is 4. The van der Waals surface area contributed by atoms with Crippen molar-refractivity contribution >= 4 is 17.4 Å². The van der Waals surface area contributed by atoms with Gasteiger partial charge in [0, 0.05) is 24.9 Å². The van der Waals surface area contributed by atoms with Gasteiger partial charge in [-0.15, -0.1) is 10.2 Å². The molecule has 36 heavy (non-hydrogen) atoms. The normalized spacial score (nSPS) is 11.1. The summed E-state index contributed by atoms with van der Waals surface area (Å²) < 4.78 is 12.4. The molecule has 0 atom stereocenters. The van der Waals surface area contributed by atoms with Crippen LogP contribution in [0.5, 0.6) is 0 Å². The highest BCUT2D eigenvalue weighted by Gasteiger charge is 2.26. The van der Waals surface area contributed by atoms with Crippen LogP contribution in [-0.4, -0.2) is 25.7 Å². The zero-order chi connectivity index (χ0) is 25.7. The van der Waals surface area contributed by atoms with Gasteiger partial charge in [0.25, 0.3) is 5.56 Å². The summed E-state index contributed by atoms with van der Waals surface area (Å²) in [7, 11) is 0. The Kier molecular flexibility index (Phi) is 7.47. The fourth-order valence-corrected chi connectivity index (χ4v) is 3.74. The zero-order valence-corrected chi connectivity index (χ0v) is 20.2. The van der Waals surface area contributed by atoms with E-state index >= 15 is 0 Å². The molecule has 3 aromatic heterocycles. The van der Waals surface area contributed by atoms with E-state index in [9.17, 15) is 14.4 Å².